The summed E-state index contributed by atoms with van der Waals surface area (Å²) in [5.74, 6) is 0. The zero-order chi connectivity index (χ0) is 36.9. The maximum atomic E-state index is 12.1. The van der Waals surface area contributed by atoms with E-state index in [2.05, 4.69) is 0 Å². The van der Waals surface area contributed by atoms with Gasteiger partial charge < -0.3 is 0 Å². The lowest BCUT2D eigenvalue weighted by Gasteiger charge is -2.08. The molecule has 0 spiro atoms. The topological polar surface area (TPSA) is 171 Å². The summed E-state index contributed by atoms with van der Waals surface area (Å²) in [6.07, 6.45) is 1.21. The van der Waals surface area contributed by atoms with Crippen molar-refractivity contribution in [1.29, 1.82) is 0 Å². The Kier molecular flexibility index (Phi) is 13.4. The first kappa shape index (κ1) is 42.0. The van der Waals surface area contributed by atoms with Gasteiger partial charge in [0.15, 0.2) is 39.7 Å². The Bertz CT molecular complexity index is 1950. The molecule has 47 heavy (non-hydrogen) atoms. The molecule has 0 aliphatic rings. The van der Waals surface area contributed by atoms with Crippen molar-refractivity contribution >= 4 is 49.2 Å². The van der Waals surface area contributed by atoms with E-state index in [9.17, 15) is 68.4 Å². The van der Waals surface area contributed by atoms with E-state index in [0.29, 0.717) is 16.0 Å². The van der Waals surface area contributed by atoms with Gasteiger partial charge in [-0.25, -0.2) is 42.1 Å². The number of halogens is 6. The second-order valence-corrected chi connectivity index (χ2v) is 20.5. The molecule has 0 saturated heterocycles. The van der Waals surface area contributed by atoms with Crippen LogP contribution in [0.1, 0.15) is 16.7 Å². The fourth-order valence-corrected chi connectivity index (χ4v) is 10.1. The highest BCUT2D eigenvalue weighted by Crippen LogP contribution is 2.28. The lowest BCUT2D eigenvalue weighted by molar-refractivity contribution is -0.0437. The van der Waals surface area contributed by atoms with Crippen LogP contribution in [0.15, 0.2) is 87.5 Å². The van der Waals surface area contributed by atoms with Crippen LogP contribution in [-0.2, 0) is 49.2 Å². The van der Waals surface area contributed by atoms with Gasteiger partial charge in [0.25, 0.3) is 19.7 Å². The third-order valence-corrected chi connectivity index (χ3v) is 15.0. The van der Waals surface area contributed by atoms with E-state index in [4.69, 9.17) is 0 Å². The summed E-state index contributed by atoms with van der Waals surface area (Å²) in [6.45, 7) is 5.23. The third-order valence-electron chi connectivity index (χ3n) is 5.54. The molecule has 0 heterocycles. The summed E-state index contributed by atoms with van der Waals surface area (Å²) >= 11 is 0. The number of alkyl halides is 6. The molecule has 0 unspecified atom stereocenters. The van der Waals surface area contributed by atoms with Crippen molar-refractivity contribution in [1.82, 2.24) is 0 Å². The van der Waals surface area contributed by atoms with Crippen LogP contribution < -0.4 is 0 Å². The Hall–Kier alpha value is -3.01. The van der Waals surface area contributed by atoms with Crippen LogP contribution >= 0.6 is 0 Å². The standard InChI is InChI=1S/2C9H9F3O4S2.C8H10O2S/c2*1-7-2-4-8(5-3-7)17(13,14)6-18(15,16)9(10,11)12;1-7-3-5-8(6-4-7)11(2,9)10/h2*2-5H,6H2,1H3;3-6H,1-2H3. The normalized spacial score (nSPS) is 13.1. The molecule has 3 rings (SSSR count). The van der Waals surface area contributed by atoms with Crippen molar-refractivity contribution < 1.29 is 68.4 Å². The molecule has 0 aliphatic heterocycles. The number of sulfone groups is 5. The van der Waals surface area contributed by atoms with Gasteiger partial charge in [0, 0.05) is 6.26 Å². The average molecular weight is 775 g/mol. The highest BCUT2D eigenvalue weighted by Gasteiger charge is 2.49. The Labute approximate surface area is 269 Å². The predicted octanol–water partition coefficient (Wildman–Crippen LogP) is 4.72. The van der Waals surface area contributed by atoms with Gasteiger partial charge in [-0.1, -0.05) is 53.1 Å². The van der Waals surface area contributed by atoms with E-state index in [1.54, 1.807) is 38.1 Å². The van der Waals surface area contributed by atoms with Crippen LogP contribution in [-0.4, -0.2) is 69.5 Å². The molecule has 0 bridgehead atoms. The number of aryl methyl sites for hydroxylation is 3. The van der Waals surface area contributed by atoms with Crippen LogP contribution in [0, 0.1) is 20.8 Å². The Morgan fingerprint density at radius 1 is 0.426 bits per heavy atom. The van der Waals surface area contributed by atoms with Gasteiger partial charge in [0.05, 0.1) is 14.7 Å². The largest absolute Gasteiger partial charge is 0.498 e. The molecule has 0 saturated carbocycles. The second-order valence-electron chi connectivity index (χ2n) is 9.80. The van der Waals surface area contributed by atoms with E-state index in [1.165, 1.54) is 30.5 Å². The number of hydrogen-bond acceptors (Lipinski definition) is 10. The van der Waals surface area contributed by atoms with Gasteiger partial charge in [0.2, 0.25) is 0 Å². The molecule has 21 heteroatoms. The SMILES string of the molecule is Cc1ccc(S(=O)(=O)CS(=O)(=O)C(F)(F)F)cc1.Cc1ccc(S(=O)(=O)CS(=O)(=O)C(F)(F)F)cc1.Cc1ccc(S(C)(=O)=O)cc1. The van der Waals surface area contributed by atoms with E-state index in [1.807, 2.05) is 6.92 Å². The fourth-order valence-electron chi connectivity index (χ4n) is 2.95. The lowest BCUT2D eigenvalue weighted by atomic mass is 10.2. The zero-order valence-corrected chi connectivity index (χ0v) is 28.8. The molecule has 3 aromatic carbocycles. The summed E-state index contributed by atoms with van der Waals surface area (Å²) < 4.78 is 184. The molecule has 0 fully saturated rings. The molecule has 10 nitrogen and oxygen atoms in total. The number of benzene rings is 3. The quantitative estimate of drug-likeness (QED) is 0.306. The summed E-state index contributed by atoms with van der Waals surface area (Å²) in [4.78, 5) is -0.537. The molecule has 0 radical (unpaired) electrons. The van der Waals surface area contributed by atoms with Gasteiger partial charge in [-0.05, 0) is 57.2 Å². The Morgan fingerprint density at radius 2 is 0.638 bits per heavy atom. The maximum absolute atomic E-state index is 12.1. The lowest BCUT2D eigenvalue weighted by Crippen LogP contribution is -2.30. The first-order chi connectivity index (χ1) is 20.9. The first-order valence-electron chi connectivity index (χ1n) is 12.3. The van der Waals surface area contributed by atoms with E-state index in [-0.39, 0.29) is 0 Å². The highest BCUT2D eigenvalue weighted by atomic mass is 32.3. The van der Waals surface area contributed by atoms with Crippen LogP contribution in [0.3, 0.4) is 0 Å². The minimum atomic E-state index is -5.70. The van der Waals surface area contributed by atoms with Crippen LogP contribution in [0.4, 0.5) is 26.3 Å². The monoisotopic (exact) mass is 774 g/mol. The minimum Gasteiger partial charge on any atom is -0.224 e. The van der Waals surface area contributed by atoms with E-state index < -0.39 is 80.2 Å². The first-order valence-corrected chi connectivity index (χ1v) is 20.8. The zero-order valence-electron chi connectivity index (χ0n) is 24.7. The Balaban J connectivity index is 0.000000364. The molecule has 0 N–H and O–H groups in total. The fraction of sp³-hybridized carbons (Fsp3) is 0.308. The summed E-state index contributed by atoms with van der Waals surface area (Å²) in [5.41, 5.74) is -8.69. The smallest absolute Gasteiger partial charge is 0.224 e. The number of hydrogen-bond donors (Lipinski definition) is 0. The average Bonchev–Trinajstić information content (AvgIpc) is 2.87. The van der Waals surface area contributed by atoms with E-state index in [0.717, 1.165) is 29.8 Å². The maximum Gasteiger partial charge on any atom is 0.498 e. The van der Waals surface area contributed by atoms with Crippen molar-refractivity contribution in [2.45, 2.75) is 46.5 Å². The Morgan fingerprint density at radius 3 is 0.830 bits per heavy atom. The molecular formula is C26H28F6O10S5. The van der Waals surface area contributed by atoms with Crippen LogP contribution in [0.25, 0.3) is 0 Å². The molecule has 0 atom stereocenters. The van der Waals surface area contributed by atoms with Gasteiger partial charge in [-0.15, -0.1) is 0 Å². The van der Waals surface area contributed by atoms with Crippen molar-refractivity contribution in [3.05, 3.63) is 89.5 Å². The summed E-state index contributed by atoms with van der Waals surface area (Å²) in [6, 6.07) is 16.5. The molecular weight excluding hydrogens is 747 g/mol. The molecule has 0 amide bonds. The highest BCUT2D eigenvalue weighted by molar-refractivity contribution is 8.08. The number of rotatable bonds is 7. The third kappa shape index (κ3) is 12.8. The van der Waals surface area contributed by atoms with Gasteiger partial charge in [-0.2, -0.15) is 26.3 Å². The van der Waals surface area contributed by atoms with Crippen molar-refractivity contribution in [2.75, 3.05) is 16.4 Å². The van der Waals surface area contributed by atoms with Crippen molar-refractivity contribution in [3.63, 3.8) is 0 Å². The minimum absolute atomic E-state index is 0.378. The van der Waals surface area contributed by atoms with Crippen molar-refractivity contribution in [3.8, 4) is 0 Å². The van der Waals surface area contributed by atoms with Gasteiger partial charge in [-0.3, -0.25) is 0 Å². The molecule has 0 aromatic heterocycles. The van der Waals surface area contributed by atoms with Gasteiger partial charge in [0.1, 0.15) is 0 Å². The molecule has 264 valence electrons. The second kappa shape index (κ2) is 15.0. The van der Waals surface area contributed by atoms with Crippen molar-refractivity contribution in [2.24, 2.45) is 0 Å². The summed E-state index contributed by atoms with van der Waals surface area (Å²) in [7, 11) is -23.5. The van der Waals surface area contributed by atoms with E-state index >= 15 is 0 Å². The van der Waals surface area contributed by atoms with Crippen LogP contribution in [0.5, 0.6) is 0 Å². The predicted molar refractivity (Wildman–Crippen MR) is 161 cm³/mol. The molecule has 3 aromatic rings. The molecule has 0 aliphatic carbocycles. The van der Waals surface area contributed by atoms with Crippen LogP contribution in [0.2, 0.25) is 0 Å². The van der Waals surface area contributed by atoms with Gasteiger partial charge >= 0.3 is 11.0 Å². The summed E-state index contributed by atoms with van der Waals surface area (Å²) in [5, 5.41) is -3.96.